The molecule has 0 radical (unpaired) electrons. The maximum atomic E-state index is 14.6. The summed E-state index contributed by atoms with van der Waals surface area (Å²) in [6.45, 7) is 0.232. The van der Waals surface area contributed by atoms with Crippen LogP contribution in [0.5, 0.6) is 11.5 Å². The summed E-state index contributed by atoms with van der Waals surface area (Å²) in [4.78, 5) is 0. The van der Waals surface area contributed by atoms with E-state index in [9.17, 15) is 30.7 Å². The third kappa shape index (κ3) is 5.81. The lowest BCUT2D eigenvalue weighted by Crippen LogP contribution is -2.22. The van der Waals surface area contributed by atoms with Gasteiger partial charge in [-0.3, -0.25) is 0 Å². The van der Waals surface area contributed by atoms with E-state index in [4.69, 9.17) is 16.3 Å². The van der Waals surface area contributed by atoms with Crippen molar-refractivity contribution in [3.8, 4) is 22.6 Å². The predicted octanol–water partition coefficient (Wildman–Crippen LogP) is 7.97. The van der Waals surface area contributed by atoms with E-state index in [-0.39, 0.29) is 17.7 Å². The predicted molar refractivity (Wildman–Crippen MR) is 109 cm³/mol. The molecule has 0 bridgehead atoms. The normalized spacial score (nSPS) is 11.3. The van der Waals surface area contributed by atoms with E-state index in [0.717, 1.165) is 30.3 Å². The summed E-state index contributed by atoms with van der Waals surface area (Å²) in [6.07, 6.45) is -6.62. The first-order chi connectivity index (χ1) is 16.0. The van der Waals surface area contributed by atoms with Crippen LogP contribution in [-0.2, 0) is 17.5 Å². The number of methoxy groups -OCH3 is 1. The highest BCUT2D eigenvalue weighted by Gasteiger charge is 2.34. The Morgan fingerprint density at radius 2 is 1.59 bits per heavy atom. The van der Waals surface area contributed by atoms with Crippen molar-refractivity contribution in [2.24, 2.45) is 0 Å². The molecule has 3 aromatic rings. The third-order valence-corrected chi connectivity index (χ3v) is 4.72. The molecule has 0 saturated heterocycles. The minimum absolute atomic E-state index is 0.190. The summed E-state index contributed by atoms with van der Waals surface area (Å²) in [5.41, 5.74) is -0.287. The number of hydrogen-bond acceptors (Lipinski definition) is 3. The smallest absolute Gasteiger partial charge is 0.426 e. The van der Waals surface area contributed by atoms with Crippen LogP contribution in [0.1, 0.15) is 11.1 Å². The zero-order chi connectivity index (χ0) is 25.0. The molecule has 0 atom stereocenters. The molecule has 3 rings (SSSR count). The van der Waals surface area contributed by atoms with Crippen molar-refractivity contribution in [3.63, 3.8) is 0 Å². The van der Waals surface area contributed by atoms with Gasteiger partial charge in [0.05, 0.1) is 17.2 Å². The number of benzene rings is 3. The monoisotopic (exact) mass is 506 g/mol. The van der Waals surface area contributed by atoms with E-state index >= 15 is 0 Å². The van der Waals surface area contributed by atoms with Crippen molar-refractivity contribution in [3.05, 3.63) is 94.5 Å². The molecule has 34 heavy (non-hydrogen) atoms. The van der Waals surface area contributed by atoms with Crippen molar-refractivity contribution in [1.29, 1.82) is 0 Å². The van der Waals surface area contributed by atoms with Gasteiger partial charge < -0.3 is 14.2 Å². The molecule has 0 aliphatic rings. The Morgan fingerprint density at radius 3 is 2.15 bits per heavy atom. The molecule has 0 heterocycles. The average molecular weight is 507 g/mol. The summed E-state index contributed by atoms with van der Waals surface area (Å²) in [6, 6.07) is 7.05. The fraction of sp³-hybridized carbons (Fsp3) is 0.130. The van der Waals surface area contributed by atoms with Gasteiger partial charge in [0.1, 0.15) is 11.6 Å². The maximum absolute atomic E-state index is 14.6. The van der Waals surface area contributed by atoms with Gasteiger partial charge in [-0.2, -0.15) is 22.0 Å². The van der Waals surface area contributed by atoms with Crippen LogP contribution in [0.2, 0.25) is 5.02 Å². The van der Waals surface area contributed by atoms with Gasteiger partial charge in [0.15, 0.2) is 11.6 Å². The van der Waals surface area contributed by atoms with Crippen LogP contribution in [0.25, 0.3) is 11.1 Å². The van der Waals surface area contributed by atoms with Gasteiger partial charge in [0.25, 0.3) is 0 Å². The van der Waals surface area contributed by atoms with Crippen LogP contribution < -0.4 is 9.47 Å². The second kappa shape index (κ2) is 10.4. The molecule has 3 nitrogen and oxygen atoms in total. The number of ether oxygens (including phenoxy) is 3. The standard InChI is InChI=1S/C23H14ClF7O3/c1-32-11-12-2-4-14(5-3-12)23(30,31)34-15-6-7-16(18(25)10-15)13-8-17(24)20(19(26)9-13)33-22(29)21(27)28/h2-10H,11H2,1H3. The van der Waals surface area contributed by atoms with Crippen LogP contribution >= 0.6 is 11.6 Å². The molecular formula is C23H14ClF7O3. The highest BCUT2D eigenvalue weighted by molar-refractivity contribution is 6.32. The van der Waals surface area contributed by atoms with E-state index in [1.165, 1.54) is 19.2 Å². The molecule has 0 aliphatic carbocycles. The van der Waals surface area contributed by atoms with Gasteiger partial charge in [-0.15, -0.1) is 0 Å². The minimum atomic E-state index is -3.79. The molecular weight excluding hydrogens is 493 g/mol. The van der Waals surface area contributed by atoms with Gasteiger partial charge in [0.2, 0.25) is 0 Å². The first kappa shape index (κ1) is 25.4. The van der Waals surface area contributed by atoms with Crippen molar-refractivity contribution < 1.29 is 44.9 Å². The quantitative estimate of drug-likeness (QED) is 0.229. The number of rotatable bonds is 8. The van der Waals surface area contributed by atoms with Crippen LogP contribution in [0, 0.1) is 11.6 Å². The van der Waals surface area contributed by atoms with Gasteiger partial charge in [0, 0.05) is 18.7 Å². The molecule has 0 unspecified atom stereocenters. The molecule has 11 heteroatoms. The van der Waals surface area contributed by atoms with Crippen LogP contribution in [0.15, 0.2) is 66.7 Å². The molecule has 0 saturated carbocycles. The largest absolute Gasteiger partial charge is 0.429 e. The Balaban J connectivity index is 1.84. The number of hydrogen-bond donors (Lipinski definition) is 0. The molecule has 0 spiro atoms. The molecule has 180 valence electrons. The van der Waals surface area contributed by atoms with Gasteiger partial charge in [-0.25, -0.2) is 8.78 Å². The van der Waals surface area contributed by atoms with Crippen LogP contribution in [-0.4, -0.2) is 7.11 Å². The summed E-state index contributed by atoms with van der Waals surface area (Å²) in [5.74, 6) is -3.99. The second-order valence-electron chi connectivity index (χ2n) is 6.80. The van der Waals surface area contributed by atoms with E-state index in [1.54, 1.807) is 0 Å². The molecule has 0 aromatic heterocycles. The van der Waals surface area contributed by atoms with Crippen molar-refractivity contribution in [2.75, 3.05) is 7.11 Å². The average Bonchev–Trinajstić information content (AvgIpc) is 2.76. The Morgan fingerprint density at radius 1 is 0.912 bits per heavy atom. The highest BCUT2D eigenvalue weighted by Crippen LogP contribution is 2.38. The van der Waals surface area contributed by atoms with Gasteiger partial charge >= 0.3 is 18.2 Å². The fourth-order valence-electron chi connectivity index (χ4n) is 2.90. The molecule has 0 amide bonds. The fourth-order valence-corrected chi connectivity index (χ4v) is 3.15. The molecule has 0 aliphatic heterocycles. The zero-order valence-electron chi connectivity index (χ0n) is 17.2. The van der Waals surface area contributed by atoms with E-state index in [0.29, 0.717) is 17.7 Å². The number of alkyl halides is 2. The van der Waals surface area contributed by atoms with Crippen LogP contribution in [0.3, 0.4) is 0 Å². The van der Waals surface area contributed by atoms with Gasteiger partial charge in [-0.05, 0) is 47.5 Å². The summed E-state index contributed by atoms with van der Waals surface area (Å²) in [7, 11) is 1.46. The Bertz CT molecular complexity index is 1190. The lowest BCUT2D eigenvalue weighted by atomic mass is 10.0. The van der Waals surface area contributed by atoms with Crippen molar-refractivity contribution in [2.45, 2.75) is 12.7 Å². The third-order valence-electron chi connectivity index (χ3n) is 4.44. The van der Waals surface area contributed by atoms with E-state index in [2.05, 4.69) is 9.47 Å². The molecule has 0 N–H and O–H groups in total. The maximum Gasteiger partial charge on any atom is 0.426 e. The first-order valence-corrected chi connectivity index (χ1v) is 9.72. The zero-order valence-corrected chi connectivity index (χ0v) is 17.9. The Labute approximate surface area is 193 Å². The summed E-state index contributed by atoms with van der Waals surface area (Å²) < 4.78 is 109. The van der Waals surface area contributed by atoms with Crippen LogP contribution in [0.4, 0.5) is 30.7 Å². The lowest BCUT2D eigenvalue weighted by Gasteiger charge is -2.19. The van der Waals surface area contributed by atoms with Gasteiger partial charge in [-0.1, -0.05) is 23.7 Å². The molecule has 3 aromatic carbocycles. The SMILES string of the molecule is COCc1ccc(C(F)(F)Oc2ccc(-c3cc(F)c(OC(F)=C(F)F)c(Cl)c3)c(F)c2)cc1. The van der Waals surface area contributed by atoms with E-state index < -0.39 is 51.9 Å². The Kier molecular flexibility index (Phi) is 7.73. The molecule has 0 fully saturated rings. The van der Waals surface area contributed by atoms with Crippen molar-refractivity contribution in [1.82, 2.24) is 0 Å². The number of halogens is 8. The second-order valence-corrected chi connectivity index (χ2v) is 7.20. The Hall–Kier alpha value is -3.24. The first-order valence-electron chi connectivity index (χ1n) is 9.34. The summed E-state index contributed by atoms with van der Waals surface area (Å²) >= 11 is 5.75. The van der Waals surface area contributed by atoms with E-state index in [1.807, 2.05) is 0 Å². The summed E-state index contributed by atoms with van der Waals surface area (Å²) in [5, 5.41) is -0.630. The topological polar surface area (TPSA) is 27.7 Å². The minimum Gasteiger partial charge on any atom is -0.429 e. The highest BCUT2D eigenvalue weighted by atomic mass is 35.5. The lowest BCUT2D eigenvalue weighted by molar-refractivity contribution is -0.185. The van der Waals surface area contributed by atoms with Crippen molar-refractivity contribution >= 4 is 11.6 Å².